The zero-order valence-electron chi connectivity index (χ0n) is 37.7. The topological polar surface area (TPSA) is 108 Å². The number of esters is 2. The quantitative estimate of drug-likeness (QED) is 0.0214. The van der Waals surface area contributed by atoms with Gasteiger partial charge in [-0.05, 0) is 77.0 Å². The number of nitrogens with zero attached hydrogens (tertiary/aromatic N) is 1. The molecule has 0 saturated carbocycles. The summed E-state index contributed by atoms with van der Waals surface area (Å²) in [6.07, 6.45) is 53.4. The molecule has 0 aliphatic heterocycles. The number of rotatable bonds is 39. The Labute approximate surface area is 360 Å². The molecule has 9 nitrogen and oxygen atoms in total. The SMILES string of the molecule is CC/C=C\C/C=C\C/C=C\C/C=C\C/C=C\C/C=C\C/C=C\C/C=C\CCCCC(=O)OC(COC(=O)CCCCCCCCCC)COP(=O)(O)OCC[N+](C)(C)C. The number of hydrogen-bond acceptors (Lipinski definition) is 7. The second-order valence-electron chi connectivity index (χ2n) is 15.7. The van der Waals surface area contributed by atoms with Crippen molar-refractivity contribution in [3.63, 3.8) is 0 Å². The van der Waals surface area contributed by atoms with Gasteiger partial charge in [-0.3, -0.25) is 18.6 Å². The summed E-state index contributed by atoms with van der Waals surface area (Å²) in [4.78, 5) is 35.2. The Bertz CT molecular complexity index is 1320. The van der Waals surface area contributed by atoms with Gasteiger partial charge in [0.15, 0.2) is 6.10 Å². The van der Waals surface area contributed by atoms with E-state index in [2.05, 4.69) is 111 Å². The Balaban J connectivity index is 4.35. The fourth-order valence-corrected chi connectivity index (χ4v) is 6.12. The van der Waals surface area contributed by atoms with Crippen LogP contribution >= 0.6 is 7.82 Å². The lowest BCUT2D eigenvalue weighted by atomic mass is 10.1. The predicted molar refractivity (Wildman–Crippen MR) is 247 cm³/mol. The number of hydrogen-bond donors (Lipinski definition) is 1. The first-order valence-electron chi connectivity index (χ1n) is 22.5. The summed E-state index contributed by atoms with van der Waals surface area (Å²) < 4.78 is 34.1. The van der Waals surface area contributed by atoms with Gasteiger partial charge in [-0.15, -0.1) is 0 Å². The van der Waals surface area contributed by atoms with E-state index in [1.54, 1.807) is 0 Å². The van der Waals surface area contributed by atoms with Crippen LogP contribution in [-0.2, 0) is 32.7 Å². The minimum absolute atomic E-state index is 0.0182. The van der Waals surface area contributed by atoms with E-state index in [9.17, 15) is 19.0 Å². The molecular formula is C49H83NO8P+. The van der Waals surface area contributed by atoms with Crippen LogP contribution in [0.5, 0.6) is 0 Å². The van der Waals surface area contributed by atoms with E-state index in [-0.39, 0.29) is 26.1 Å². The molecule has 0 aliphatic carbocycles. The van der Waals surface area contributed by atoms with Gasteiger partial charge in [0, 0.05) is 12.8 Å². The summed E-state index contributed by atoms with van der Waals surface area (Å²) in [5.74, 6) is -0.864. The second-order valence-corrected chi connectivity index (χ2v) is 17.2. The molecule has 0 heterocycles. The molecule has 0 rings (SSSR count). The van der Waals surface area contributed by atoms with Gasteiger partial charge < -0.3 is 18.9 Å². The molecule has 336 valence electrons. The lowest BCUT2D eigenvalue weighted by Crippen LogP contribution is -2.37. The van der Waals surface area contributed by atoms with Crippen LogP contribution in [0.15, 0.2) is 97.2 Å². The molecule has 0 aromatic rings. The van der Waals surface area contributed by atoms with E-state index in [1.807, 2.05) is 21.1 Å². The maximum absolute atomic E-state index is 12.7. The molecule has 10 heteroatoms. The molecule has 0 bridgehead atoms. The van der Waals surface area contributed by atoms with Crippen LogP contribution in [0.3, 0.4) is 0 Å². The van der Waals surface area contributed by atoms with E-state index >= 15 is 0 Å². The zero-order chi connectivity index (χ0) is 43.6. The molecule has 2 unspecified atom stereocenters. The van der Waals surface area contributed by atoms with Crippen LogP contribution in [0.25, 0.3) is 0 Å². The van der Waals surface area contributed by atoms with Crippen LogP contribution < -0.4 is 0 Å². The van der Waals surface area contributed by atoms with Crippen molar-refractivity contribution in [2.45, 2.75) is 155 Å². The Hall–Kier alpha value is -3.07. The van der Waals surface area contributed by atoms with Crippen LogP contribution in [0.2, 0.25) is 0 Å². The van der Waals surface area contributed by atoms with Crippen LogP contribution in [0.1, 0.15) is 149 Å². The summed E-state index contributed by atoms with van der Waals surface area (Å²) in [6.45, 7) is 4.19. The van der Waals surface area contributed by atoms with E-state index in [0.29, 0.717) is 17.4 Å². The normalized spacial score (nSPS) is 14.5. The predicted octanol–water partition coefficient (Wildman–Crippen LogP) is 13.0. The van der Waals surface area contributed by atoms with Crippen molar-refractivity contribution in [2.75, 3.05) is 47.5 Å². The van der Waals surface area contributed by atoms with E-state index in [0.717, 1.165) is 83.5 Å². The largest absolute Gasteiger partial charge is 0.472 e. The maximum atomic E-state index is 12.7. The zero-order valence-corrected chi connectivity index (χ0v) is 38.6. The minimum Gasteiger partial charge on any atom is -0.462 e. The van der Waals surface area contributed by atoms with Crippen LogP contribution in [-0.4, -0.2) is 74.9 Å². The lowest BCUT2D eigenvalue weighted by molar-refractivity contribution is -0.870. The lowest BCUT2D eigenvalue weighted by Gasteiger charge is -2.24. The molecule has 1 N–H and O–H groups in total. The molecule has 0 radical (unpaired) electrons. The summed E-state index contributed by atoms with van der Waals surface area (Å²) in [5, 5.41) is 0. The maximum Gasteiger partial charge on any atom is 0.472 e. The standard InChI is InChI=1S/C49H82NO8P/c1-6-8-10-12-14-16-17-18-19-20-21-22-23-24-25-26-27-28-29-30-31-32-33-34-36-38-40-42-49(52)58-47(46-57-59(53,54)56-44-43-50(3,4)5)45-55-48(51)41-39-37-35-15-13-11-9-7-2/h8,10,14,16,18-19,21-22,24-25,27-28,30-31,33-34,47H,6-7,9,11-13,15,17,20,23,26,29,32,35-46H2,1-5H3/p+1/b10-8-,16-14-,19-18-,22-21-,25-24-,28-27-,31-30-,34-33-. The molecule has 0 aromatic heterocycles. The average molecular weight is 845 g/mol. The summed E-state index contributed by atoms with van der Waals surface area (Å²) in [7, 11) is 1.43. The third kappa shape index (κ3) is 44.3. The molecule has 0 amide bonds. The molecule has 0 aliphatic rings. The first-order chi connectivity index (χ1) is 28.5. The molecule has 0 fully saturated rings. The van der Waals surface area contributed by atoms with Crippen molar-refractivity contribution in [3.8, 4) is 0 Å². The first-order valence-corrected chi connectivity index (χ1v) is 24.0. The number of quaternary nitrogens is 1. The highest BCUT2D eigenvalue weighted by Gasteiger charge is 2.27. The number of carbonyl (C=O) groups is 2. The highest BCUT2D eigenvalue weighted by atomic mass is 31.2. The molecule has 0 aromatic carbocycles. The van der Waals surface area contributed by atoms with E-state index in [4.69, 9.17) is 18.5 Å². The summed E-state index contributed by atoms with van der Waals surface area (Å²) >= 11 is 0. The van der Waals surface area contributed by atoms with Gasteiger partial charge >= 0.3 is 19.8 Å². The second kappa shape index (κ2) is 40.3. The fourth-order valence-electron chi connectivity index (χ4n) is 5.38. The molecular weight excluding hydrogens is 762 g/mol. The van der Waals surface area contributed by atoms with Crippen molar-refractivity contribution < 1.29 is 42.1 Å². The molecule has 0 spiro atoms. The highest BCUT2D eigenvalue weighted by Crippen LogP contribution is 2.43. The number of phosphoric acid groups is 1. The Morgan fingerprint density at radius 2 is 0.966 bits per heavy atom. The number of phosphoric ester groups is 1. The van der Waals surface area contributed by atoms with Crippen molar-refractivity contribution in [3.05, 3.63) is 97.2 Å². The fraction of sp³-hybridized carbons (Fsp3) is 0.633. The van der Waals surface area contributed by atoms with Crippen LogP contribution in [0, 0.1) is 0 Å². The van der Waals surface area contributed by atoms with Crippen molar-refractivity contribution in [1.29, 1.82) is 0 Å². The monoisotopic (exact) mass is 845 g/mol. The van der Waals surface area contributed by atoms with Crippen molar-refractivity contribution >= 4 is 19.8 Å². The van der Waals surface area contributed by atoms with Crippen molar-refractivity contribution in [2.24, 2.45) is 0 Å². The van der Waals surface area contributed by atoms with Crippen molar-refractivity contribution in [1.82, 2.24) is 0 Å². The van der Waals surface area contributed by atoms with Crippen LogP contribution in [0.4, 0.5) is 0 Å². The first kappa shape index (κ1) is 55.9. The minimum atomic E-state index is -4.39. The Morgan fingerprint density at radius 1 is 0.542 bits per heavy atom. The summed E-state index contributed by atoms with van der Waals surface area (Å²) in [5.41, 5.74) is 0. The van der Waals surface area contributed by atoms with Gasteiger partial charge in [0.25, 0.3) is 0 Å². The number of ether oxygens (including phenoxy) is 2. The number of likely N-dealkylation sites (N-methyl/N-ethyl adjacent to an activating group) is 1. The third-order valence-electron chi connectivity index (χ3n) is 8.88. The van der Waals surface area contributed by atoms with Gasteiger partial charge in [-0.1, -0.05) is 156 Å². The number of carbonyl (C=O) groups excluding carboxylic acids is 2. The Morgan fingerprint density at radius 3 is 1.44 bits per heavy atom. The van der Waals surface area contributed by atoms with Gasteiger partial charge in [0.05, 0.1) is 27.7 Å². The van der Waals surface area contributed by atoms with Gasteiger partial charge in [-0.2, -0.15) is 0 Å². The van der Waals surface area contributed by atoms with Gasteiger partial charge in [0.2, 0.25) is 0 Å². The third-order valence-corrected chi connectivity index (χ3v) is 9.86. The molecule has 0 saturated heterocycles. The smallest absolute Gasteiger partial charge is 0.462 e. The van der Waals surface area contributed by atoms with E-state index < -0.39 is 32.5 Å². The van der Waals surface area contributed by atoms with E-state index in [1.165, 1.54) is 32.1 Å². The number of allylic oxidation sites excluding steroid dienone is 16. The van der Waals surface area contributed by atoms with Gasteiger partial charge in [0.1, 0.15) is 19.8 Å². The Kier molecular flexibility index (Phi) is 38.2. The van der Waals surface area contributed by atoms with Gasteiger partial charge in [-0.25, -0.2) is 4.57 Å². The highest BCUT2D eigenvalue weighted by molar-refractivity contribution is 7.47. The average Bonchev–Trinajstić information content (AvgIpc) is 3.19. The summed E-state index contributed by atoms with van der Waals surface area (Å²) in [6, 6.07) is 0. The number of unbranched alkanes of at least 4 members (excludes halogenated alkanes) is 9. The molecule has 59 heavy (non-hydrogen) atoms. The molecule has 2 atom stereocenters.